The van der Waals surface area contributed by atoms with E-state index in [-0.39, 0.29) is 69.9 Å². The van der Waals surface area contributed by atoms with Crippen molar-refractivity contribution in [3.63, 3.8) is 0 Å². The van der Waals surface area contributed by atoms with E-state index in [1.54, 1.807) is 7.05 Å². The van der Waals surface area contributed by atoms with Gasteiger partial charge in [-0.3, -0.25) is 0 Å². The van der Waals surface area contributed by atoms with Gasteiger partial charge in [-0.2, -0.15) is 10.2 Å². The summed E-state index contributed by atoms with van der Waals surface area (Å²) in [6.45, 7) is 13.7. The molecule has 0 aliphatic rings. The number of azo groups is 1. The van der Waals surface area contributed by atoms with Crippen LogP contribution in [0.3, 0.4) is 0 Å². The average Bonchev–Trinajstić information content (AvgIpc) is 1.79. The molecule has 0 spiro atoms. The third kappa shape index (κ3) is 108. The maximum atomic E-state index is 4.69. The molecule has 0 saturated carbocycles. The number of rotatable bonds is 2. The molecule has 0 aliphatic carbocycles. The van der Waals surface area contributed by atoms with Gasteiger partial charge in [-0.1, -0.05) is 27.7 Å². The van der Waals surface area contributed by atoms with Crippen molar-refractivity contribution in [2.24, 2.45) is 20.6 Å². The minimum atomic E-state index is 0. The molecule has 0 fully saturated rings. The van der Waals surface area contributed by atoms with Gasteiger partial charge in [0.2, 0.25) is 0 Å². The monoisotopic (exact) mass is 708 g/mol. The molecular formula is C8H18N3W3-. The Morgan fingerprint density at radius 3 is 1.36 bits per heavy atom. The normalized spacial score (nSPS) is 8.36. The van der Waals surface area contributed by atoms with Crippen molar-refractivity contribution in [2.45, 2.75) is 27.7 Å². The predicted octanol–water partition coefficient (Wildman–Crippen LogP) is 2.65. The average molecular weight is 708 g/mol. The van der Waals surface area contributed by atoms with E-state index in [1.165, 1.54) is 0 Å². The summed E-state index contributed by atoms with van der Waals surface area (Å²) in [6, 6.07) is 0. The van der Waals surface area contributed by atoms with Crippen LogP contribution in [0.2, 0.25) is 0 Å². The molecule has 0 aliphatic heterocycles. The molecule has 0 atom stereocenters. The summed E-state index contributed by atoms with van der Waals surface area (Å²) in [7, 11) is 1.57. The van der Waals surface area contributed by atoms with Crippen LogP contribution in [0.5, 0.6) is 0 Å². The van der Waals surface area contributed by atoms with Crippen LogP contribution in [0.15, 0.2) is 15.2 Å². The van der Waals surface area contributed by atoms with Crippen molar-refractivity contribution < 1.29 is 63.2 Å². The van der Waals surface area contributed by atoms with Crippen LogP contribution in [0, 0.1) is 5.41 Å². The largest absolute Gasteiger partial charge is 0.486 e. The summed E-state index contributed by atoms with van der Waals surface area (Å²) in [4.78, 5) is 3.16. The zero-order chi connectivity index (χ0) is 9.33. The van der Waals surface area contributed by atoms with Crippen molar-refractivity contribution in [1.82, 2.24) is 0 Å². The van der Waals surface area contributed by atoms with Crippen molar-refractivity contribution >= 4 is 6.72 Å². The molecule has 0 saturated heterocycles. The quantitative estimate of drug-likeness (QED) is 0.241. The second-order valence-corrected chi connectivity index (χ2v) is 3.67. The first-order chi connectivity index (χ1) is 4.91. The first-order valence-electron chi connectivity index (χ1n) is 3.54. The molecule has 0 radical (unpaired) electrons. The topological polar surface area (TPSA) is 37.1 Å². The third-order valence-corrected chi connectivity index (χ3v) is 0.286. The zero-order valence-electron chi connectivity index (χ0n) is 9.35. The van der Waals surface area contributed by atoms with E-state index >= 15 is 0 Å². The first-order valence-corrected chi connectivity index (χ1v) is 3.54. The van der Waals surface area contributed by atoms with E-state index < -0.39 is 0 Å². The van der Waals surface area contributed by atoms with Crippen molar-refractivity contribution in [3.8, 4) is 0 Å². The zero-order valence-corrected chi connectivity index (χ0v) is 18.2. The number of aliphatic imine (C=N–C) groups is 1. The van der Waals surface area contributed by atoms with Gasteiger partial charge in [-0.15, -0.1) is 0 Å². The summed E-state index contributed by atoms with van der Waals surface area (Å²) in [5, 5.41) is 6.80. The van der Waals surface area contributed by atoms with Crippen LogP contribution >= 0.6 is 0 Å². The number of hydrogen-bond acceptors (Lipinski definition) is 3. The van der Waals surface area contributed by atoms with Crippen molar-refractivity contribution in [3.05, 3.63) is 0 Å². The molecule has 0 unspecified atom stereocenters. The Morgan fingerprint density at radius 2 is 1.29 bits per heavy atom. The van der Waals surface area contributed by atoms with Crippen LogP contribution in [0.25, 0.3) is 0 Å². The van der Waals surface area contributed by atoms with Crippen LogP contribution in [-0.4, -0.2) is 20.4 Å². The fourth-order valence-corrected chi connectivity index (χ4v) is 0.0998. The molecule has 84 valence electrons. The standard InChI is InChI=1S/C5H12.C3H6N3.3W/c1-5(2,3)4;1-4-3-6-5-2;;;/h1-4H3;1H,3H2,2H3;;;/q;-1;;;. The molecule has 3 nitrogen and oxygen atoms in total. The van der Waals surface area contributed by atoms with E-state index in [0.29, 0.717) is 5.41 Å². The summed E-state index contributed by atoms with van der Waals surface area (Å²) in [5.41, 5.74) is 0.500. The second-order valence-electron chi connectivity index (χ2n) is 3.67. The van der Waals surface area contributed by atoms with Crippen LogP contribution in [0.1, 0.15) is 27.7 Å². The summed E-state index contributed by atoms with van der Waals surface area (Å²) in [6.07, 6.45) is 0. The maximum absolute atomic E-state index is 4.69. The summed E-state index contributed by atoms with van der Waals surface area (Å²) >= 11 is 0. The fourth-order valence-electron chi connectivity index (χ4n) is 0.0998. The number of hydrogen-bond donors (Lipinski definition) is 0. The van der Waals surface area contributed by atoms with Gasteiger partial charge < -0.3 is 11.7 Å². The van der Waals surface area contributed by atoms with Gasteiger partial charge in [-0.05, 0) is 5.41 Å². The van der Waals surface area contributed by atoms with Gasteiger partial charge in [0.05, 0.1) is 0 Å². The maximum Gasteiger partial charge on any atom is 0.115 e. The summed E-state index contributed by atoms with van der Waals surface area (Å²) in [5.74, 6) is 0. The van der Waals surface area contributed by atoms with Crippen LogP contribution < -0.4 is 0 Å². The molecule has 0 aromatic rings. The third-order valence-electron chi connectivity index (χ3n) is 0.286. The van der Waals surface area contributed by atoms with Gasteiger partial charge in [0.15, 0.2) is 0 Å². The molecular weight excluding hydrogens is 690 g/mol. The molecule has 6 heteroatoms. The van der Waals surface area contributed by atoms with Gasteiger partial charge >= 0.3 is 0 Å². The fraction of sp³-hybridized carbons (Fsp3) is 0.875. The second kappa shape index (κ2) is 19.8. The molecule has 0 heterocycles. The Hall–Kier alpha value is 1.33. The van der Waals surface area contributed by atoms with Gasteiger partial charge in [0, 0.05) is 70.2 Å². The predicted molar refractivity (Wildman–Crippen MR) is 49.3 cm³/mol. The van der Waals surface area contributed by atoms with E-state index in [1.807, 2.05) is 0 Å². The molecule has 0 bridgehead atoms. The first kappa shape index (κ1) is 29.5. The number of nitrogens with zero attached hydrogens (tertiary/aromatic N) is 3. The van der Waals surface area contributed by atoms with Crippen molar-refractivity contribution in [1.29, 1.82) is 0 Å². The SMILES string of the molecule is CC(C)(C)C.[CH-]=NCN=NC.[W].[W].[W]. The van der Waals surface area contributed by atoms with Crippen LogP contribution in [-0.2, 0) is 63.2 Å². The molecule has 0 rings (SSSR count). The van der Waals surface area contributed by atoms with Crippen molar-refractivity contribution in [2.75, 3.05) is 13.7 Å². The van der Waals surface area contributed by atoms with Gasteiger partial charge in [0.1, 0.15) is 6.67 Å². The molecule has 0 aromatic heterocycles. The Labute approximate surface area is 131 Å². The minimum Gasteiger partial charge on any atom is -0.486 e. The van der Waals surface area contributed by atoms with E-state index in [2.05, 4.69) is 49.6 Å². The van der Waals surface area contributed by atoms with E-state index in [9.17, 15) is 0 Å². The van der Waals surface area contributed by atoms with E-state index in [0.717, 1.165) is 0 Å². The Morgan fingerprint density at radius 1 is 1.00 bits per heavy atom. The summed E-state index contributed by atoms with van der Waals surface area (Å²) < 4.78 is 0. The molecule has 0 amide bonds. The van der Waals surface area contributed by atoms with Gasteiger partial charge in [-0.25, -0.2) is 0 Å². The molecule has 14 heavy (non-hydrogen) atoms. The van der Waals surface area contributed by atoms with Crippen LogP contribution in [0.4, 0.5) is 0 Å². The Bertz CT molecular complexity index is 115. The minimum absolute atomic E-state index is 0. The van der Waals surface area contributed by atoms with E-state index in [4.69, 9.17) is 0 Å². The molecule has 0 aromatic carbocycles. The van der Waals surface area contributed by atoms with Gasteiger partial charge in [0.25, 0.3) is 0 Å². The Kier molecular flexibility index (Phi) is 41.8. The molecule has 0 N–H and O–H groups in total. The Balaban J connectivity index is -0.0000000321. The smallest absolute Gasteiger partial charge is 0.115 e.